The van der Waals surface area contributed by atoms with Gasteiger partial charge < -0.3 is 24.2 Å². The molecule has 2 heterocycles. The molecule has 2 aliphatic rings. The summed E-state index contributed by atoms with van der Waals surface area (Å²) < 4.78 is 33.8. The number of nitrogens with zero attached hydrogens (tertiary/aromatic N) is 1. The van der Waals surface area contributed by atoms with E-state index in [1.54, 1.807) is 35.4 Å². The fourth-order valence-corrected chi connectivity index (χ4v) is 4.68. The van der Waals surface area contributed by atoms with Gasteiger partial charge in [-0.05, 0) is 84.2 Å². The molecular weight excluding hydrogens is 490 g/mol. The standard InChI is InChI=1S/C28H36BFN2O6/c1-18(33)31-21-15-20(24(23(30)16-21)29-37-26(2,3)27(4,5)38-29)13-14-22-17-35-28(6,7)32(22)36-25(34)19-11-9-8-10-12-19/h8-12,15-16,22H,13-14,17H2,1-7H3,(H,31,33)/t22-/m0/s1. The summed E-state index contributed by atoms with van der Waals surface area (Å²) in [6, 6.07) is 11.5. The molecule has 0 saturated carbocycles. The first-order valence-electron chi connectivity index (χ1n) is 12.9. The lowest BCUT2D eigenvalue weighted by Gasteiger charge is -2.32. The van der Waals surface area contributed by atoms with Gasteiger partial charge in [0, 0.05) is 18.1 Å². The van der Waals surface area contributed by atoms with Crippen LogP contribution in [0.15, 0.2) is 42.5 Å². The van der Waals surface area contributed by atoms with Gasteiger partial charge in [-0.1, -0.05) is 18.2 Å². The minimum atomic E-state index is -0.912. The molecule has 10 heteroatoms. The number of benzene rings is 2. The van der Waals surface area contributed by atoms with Crippen molar-refractivity contribution in [3.63, 3.8) is 0 Å². The number of ether oxygens (including phenoxy) is 1. The van der Waals surface area contributed by atoms with Gasteiger partial charge in [0.15, 0.2) is 0 Å². The van der Waals surface area contributed by atoms with Gasteiger partial charge in [0.1, 0.15) is 11.5 Å². The Bertz CT molecular complexity index is 1190. The quantitative estimate of drug-likeness (QED) is 0.541. The summed E-state index contributed by atoms with van der Waals surface area (Å²) in [7, 11) is -0.912. The van der Waals surface area contributed by atoms with Crippen molar-refractivity contribution in [2.75, 3.05) is 11.9 Å². The second-order valence-corrected chi connectivity index (χ2v) is 11.3. The summed E-state index contributed by atoms with van der Waals surface area (Å²) >= 11 is 0. The van der Waals surface area contributed by atoms with Crippen molar-refractivity contribution >= 4 is 30.1 Å². The van der Waals surface area contributed by atoms with E-state index in [-0.39, 0.29) is 11.9 Å². The molecule has 1 N–H and O–H groups in total. The van der Waals surface area contributed by atoms with Crippen LogP contribution in [0.25, 0.3) is 0 Å². The Balaban J connectivity index is 1.59. The van der Waals surface area contributed by atoms with Gasteiger partial charge in [-0.25, -0.2) is 9.18 Å². The zero-order chi connectivity index (χ0) is 27.9. The highest BCUT2D eigenvalue weighted by atomic mass is 19.1. The third kappa shape index (κ3) is 5.78. The van der Waals surface area contributed by atoms with Crippen LogP contribution in [0.1, 0.15) is 70.8 Å². The minimum Gasteiger partial charge on any atom is -0.399 e. The highest BCUT2D eigenvalue weighted by molar-refractivity contribution is 6.62. The van der Waals surface area contributed by atoms with Gasteiger partial charge in [0.2, 0.25) is 5.91 Å². The van der Waals surface area contributed by atoms with Crippen molar-refractivity contribution in [2.24, 2.45) is 0 Å². The van der Waals surface area contributed by atoms with E-state index in [2.05, 4.69) is 5.32 Å². The Kier molecular flexibility index (Phi) is 7.73. The van der Waals surface area contributed by atoms with Crippen LogP contribution in [0.5, 0.6) is 0 Å². The Morgan fingerprint density at radius 3 is 2.32 bits per heavy atom. The number of aryl methyl sites for hydroxylation is 1. The first kappa shape index (κ1) is 28.2. The monoisotopic (exact) mass is 526 g/mol. The predicted molar refractivity (Wildman–Crippen MR) is 142 cm³/mol. The van der Waals surface area contributed by atoms with E-state index in [0.29, 0.717) is 41.7 Å². The molecule has 2 saturated heterocycles. The summed E-state index contributed by atoms with van der Waals surface area (Å²) in [6.07, 6.45) is 0.883. The molecule has 1 amide bonds. The Morgan fingerprint density at radius 2 is 1.71 bits per heavy atom. The average molecular weight is 526 g/mol. The second kappa shape index (κ2) is 10.4. The van der Waals surface area contributed by atoms with Gasteiger partial charge in [-0.2, -0.15) is 0 Å². The summed E-state index contributed by atoms with van der Waals surface area (Å²) in [5, 5.41) is 4.24. The molecule has 2 aromatic carbocycles. The number of hydrogen-bond donors (Lipinski definition) is 1. The molecule has 4 rings (SSSR count). The molecular formula is C28H36BFN2O6. The normalized spacial score (nSPS) is 21.9. The van der Waals surface area contributed by atoms with E-state index in [4.69, 9.17) is 18.9 Å². The first-order chi connectivity index (χ1) is 17.7. The average Bonchev–Trinajstić information content (AvgIpc) is 3.21. The highest BCUT2D eigenvalue weighted by Gasteiger charge is 2.53. The van der Waals surface area contributed by atoms with Gasteiger partial charge >= 0.3 is 13.1 Å². The first-order valence-corrected chi connectivity index (χ1v) is 12.9. The number of halogens is 1. The molecule has 0 unspecified atom stereocenters. The van der Waals surface area contributed by atoms with E-state index in [1.165, 1.54) is 13.0 Å². The van der Waals surface area contributed by atoms with Crippen LogP contribution in [0, 0.1) is 5.82 Å². The van der Waals surface area contributed by atoms with Crippen molar-refractivity contribution in [3.8, 4) is 0 Å². The van der Waals surface area contributed by atoms with Gasteiger partial charge in [-0.3, -0.25) is 4.79 Å². The molecule has 204 valence electrons. The van der Waals surface area contributed by atoms with E-state index in [0.717, 1.165) is 0 Å². The van der Waals surface area contributed by atoms with Crippen molar-refractivity contribution in [1.82, 2.24) is 5.06 Å². The molecule has 2 aliphatic heterocycles. The molecule has 0 aliphatic carbocycles. The van der Waals surface area contributed by atoms with Crippen molar-refractivity contribution in [2.45, 2.75) is 84.3 Å². The smallest absolute Gasteiger partial charge is 0.399 e. The maximum Gasteiger partial charge on any atom is 0.498 e. The fraction of sp³-hybridized carbons (Fsp3) is 0.500. The van der Waals surface area contributed by atoms with E-state index in [9.17, 15) is 9.59 Å². The summed E-state index contributed by atoms with van der Waals surface area (Å²) in [5.41, 5.74) is -0.433. The molecule has 2 aromatic rings. The lowest BCUT2D eigenvalue weighted by molar-refractivity contribution is -0.219. The third-order valence-electron chi connectivity index (χ3n) is 7.45. The highest BCUT2D eigenvalue weighted by Crippen LogP contribution is 2.37. The lowest BCUT2D eigenvalue weighted by Crippen LogP contribution is -2.45. The summed E-state index contributed by atoms with van der Waals surface area (Å²) in [4.78, 5) is 30.3. The molecule has 1 atom stereocenters. The minimum absolute atomic E-state index is 0.281. The van der Waals surface area contributed by atoms with Crippen molar-refractivity contribution in [1.29, 1.82) is 0 Å². The van der Waals surface area contributed by atoms with Crippen LogP contribution in [0.3, 0.4) is 0 Å². The van der Waals surface area contributed by atoms with E-state index in [1.807, 2.05) is 47.6 Å². The zero-order valence-corrected chi connectivity index (χ0v) is 23.1. The van der Waals surface area contributed by atoms with Crippen molar-refractivity contribution < 1.29 is 32.9 Å². The van der Waals surface area contributed by atoms with Gasteiger partial charge in [0.25, 0.3) is 0 Å². The summed E-state index contributed by atoms with van der Waals surface area (Å²) in [6.45, 7) is 13.0. The molecule has 0 aromatic heterocycles. The Hall–Kier alpha value is -2.79. The van der Waals surface area contributed by atoms with Gasteiger partial charge in [-0.15, -0.1) is 5.06 Å². The number of carbonyl (C=O) groups excluding carboxylic acids is 2. The van der Waals surface area contributed by atoms with Crippen LogP contribution < -0.4 is 10.8 Å². The second-order valence-electron chi connectivity index (χ2n) is 11.3. The maximum absolute atomic E-state index is 15.6. The number of amides is 1. The summed E-state index contributed by atoms with van der Waals surface area (Å²) in [5.74, 6) is -1.31. The largest absolute Gasteiger partial charge is 0.498 e. The molecule has 38 heavy (non-hydrogen) atoms. The van der Waals surface area contributed by atoms with Crippen LogP contribution >= 0.6 is 0 Å². The molecule has 0 bridgehead atoms. The Labute approximate surface area is 223 Å². The molecule has 8 nitrogen and oxygen atoms in total. The number of hydrogen-bond acceptors (Lipinski definition) is 7. The van der Waals surface area contributed by atoms with E-state index < -0.39 is 35.8 Å². The zero-order valence-electron chi connectivity index (χ0n) is 23.1. The van der Waals surface area contributed by atoms with Crippen LogP contribution in [0.2, 0.25) is 0 Å². The van der Waals surface area contributed by atoms with Crippen LogP contribution in [0.4, 0.5) is 10.1 Å². The number of hydroxylamine groups is 2. The third-order valence-corrected chi connectivity index (χ3v) is 7.45. The topological polar surface area (TPSA) is 86.3 Å². The molecule has 2 fully saturated rings. The molecule has 0 radical (unpaired) electrons. The van der Waals surface area contributed by atoms with Crippen LogP contribution in [-0.2, 0) is 30.1 Å². The number of nitrogens with one attached hydrogen (secondary N) is 1. The number of rotatable bonds is 7. The molecule has 0 spiro atoms. The Morgan fingerprint density at radius 1 is 1.08 bits per heavy atom. The van der Waals surface area contributed by atoms with E-state index >= 15 is 4.39 Å². The SMILES string of the molecule is CC(=O)Nc1cc(F)c(B2OC(C)(C)C(C)(C)O2)c(CC[C@H]2COC(C)(C)N2OC(=O)c2ccccc2)c1. The maximum atomic E-state index is 15.6. The van der Waals surface area contributed by atoms with Crippen molar-refractivity contribution in [3.05, 3.63) is 59.4 Å². The number of anilines is 1. The van der Waals surface area contributed by atoms with Crippen LogP contribution in [-0.4, -0.2) is 53.6 Å². The van der Waals surface area contributed by atoms with Gasteiger partial charge in [0.05, 0.1) is 29.4 Å². The lowest BCUT2D eigenvalue weighted by atomic mass is 9.74. The fourth-order valence-electron chi connectivity index (χ4n) is 4.68. The predicted octanol–water partition coefficient (Wildman–Crippen LogP) is 4.22. The number of carbonyl (C=O) groups is 2.